The molecule has 28 heavy (non-hydrogen) atoms. The number of hydrogen-bond acceptors (Lipinski definition) is 4. The first-order valence-electron chi connectivity index (χ1n) is 9.66. The van der Waals surface area contributed by atoms with Gasteiger partial charge in [0.15, 0.2) is 0 Å². The average Bonchev–Trinajstić information content (AvgIpc) is 2.56. The second-order valence-corrected chi connectivity index (χ2v) is 7.83. The van der Waals surface area contributed by atoms with Gasteiger partial charge < -0.3 is 20.9 Å². The molecule has 2 atom stereocenters. The van der Waals surface area contributed by atoms with Crippen molar-refractivity contribution in [3.63, 3.8) is 0 Å². The van der Waals surface area contributed by atoms with Crippen LogP contribution in [0.15, 0.2) is 12.2 Å². The van der Waals surface area contributed by atoms with Crippen LogP contribution in [0, 0.1) is 11.8 Å². The van der Waals surface area contributed by atoms with Gasteiger partial charge in [0.2, 0.25) is 23.6 Å². The summed E-state index contributed by atoms with van der Waals surface area (Å²) in [7, 11) is 3.32. The summed E-state index contributed by atoms with van der Waals surface area (Å²) < 4.78 is 0. The molecule has 0 aromatic heterocycles. The van der Waals surface area contributed by atoms with Crippen LogP contribution in [0.4, 0.5) is 0 Å². The first-order chi connectivity index (χ1) is 13.0. The Morgan fingerprint density at radius 3 is 2.04 bits per heavy atom. The third kappa shape index (κ3) is 10.7. The second kappa shape index (κ2) is 12.9. The van der Waals surface area contributed by atoms with Crippen molar-refractivity contribution in [3.05, 3.63) is 12.2 Å². The monoisotopic (exact) mass is 396 g/mol. The smallest absolute Gasteiger partial charge is 0.244 e. The van der Waals surface area contributed by atoms with Gasteiger partial charge in [-0.05, 0) is 18.3 Å². The van der Waals surface area contributed by atoms with Crippen molar-refractivity contribution < 1.29 is 19.2 Å². The number of carbonyl (C=O) groups is 4. The number of amides is 4. The number of likely N-dealkylation sites (N-methyl/N-ethyl adjacent to an activating group) is 1. The molecule has 8 nitrogen and oxygen atoms in total. The molecule has 0 aliphatic rings. The van der Waals surface area contributed by atoms with Gasteiger partial charge in [0.05, 0.1) is 0 Å². The molecular weight excluding hydrogens is 360 g/mol. The first kappa shape index (κ1) is 25.6. The molecule has 0 fully saturated rings. The van der Waals surface area contributed by atoms with Crippen LogP contribution in [-0.2, 0) is 19.2 Å². The summed E-state index contributed by atoms with van der Waals surface area (Å²) in [5, 5.41) is 8.10. The maximum Gasteiger partial charge on any atom is 0.244 e. The minimum absolute atomic E-state index is 0.0363. The zero-order valence-electron chi connectivity index (χ0n) is 18.2. The van der Waals surface area contributed by atoms with Crippen molar-refractivity contribution in [1.29, 1.82) is 0 Å². The summed E-state index contributed by atoms with van der Waals surface area (Å²) in [4.78, 5) is 49.1. The van der Waals surface area contributed by atoms with Gasteiger partial charge in [-0.15, -0.1) is 0 Å². The highest BCUT2D eigenvalue weighted by Crippen LogP contribution is 2.07. The number of rotatable bonds is 11. The molecule has 3 N–H and O–H groups in total. The molecule has 0 saturated heterocycles. The zero-order chi connectivity index (χ0) is 21.9. The Hall–Kier alpha value is -2.38. The number of nitrogens with one attached hydrogen (secondary N) is 3. The van der Waals surface area contributed by atoms with E-state index in [1.165, 1.54) is 11.8 Å². The quantitative estimate of drug-likeness (QED) is 0.450. The SMILES string of the molecule is CC(=O)N[C@H](C(=O)NC/C=C/CC(=O)N[C@@H](CC(C)C)C(=O)N(C)C)C(C)C. The molecule has 4 amide bonds. The first-order valence-corrected chi connectivity index (χ1v) is 9.66. The molecule has 0 aliphatic heterocycles. The number of nitrogens with zero attached hydrogens (tertiary/aromatic N) is 1. The molecule has 160 valence electrons. The number of hydrogen-bond donors (Lipinski definition) is 3. The summed E-state index contributed by atoms with van der Waals surface area (Å²) in [5.41, 5.74) is 0. The maximum absolute atomic E-state index is 12.2. The Morgan fingerprint density at radius 2 is 1.57 bits per heavy atom. The van der Waals surface area contributed by atoms with E-state index in [1.807, 2.05) is 27.7 Å². The van der Waals surface area contributed by atoms with Crippen molar-refractivity contribution in [3.8, 4) is 0 Å². The van der Waals surface area contributed by atoms with Crippen molar-refractivity contribution in [1.82, 2.24) is 20.9 Å². The highest BCUT2D eigenvalue weighted by molar-refractivity contribution is 5.88. The van der Waals surface area contributed by atoms with Gasteiger partial charge in [0, 0.05) is 34.0 Å². The molecule has 0 aromatic carbocycles. The lowest BCUT2D eigenvalue weighted by Gasteiger charge is -2.23. The van der Waals surface area contributed by atoms with Crippen molar-refractivity contribution in [2.75, 3.05) is 20.6 Å². The normalized spacial score (nSPS) is 13.3. The van der Waals surface area contributed by atoms with E-state index < -0.39 is 12.1 Å². The van der Waals surface area contributed by atoms with Gasteiger partial charge >= 0.3 is 0 Å². The third-order valence-electron chi connectivity index (χ3n) is 3.95. The predicted molar refractivity (Wildman–Crippen MR) is 109 cm³/mol. The summed E-state index contributed by atoms with van der Waals surface area (Å²) in [6.07, 6.45) is 4.01. The Balaban J connectivity index is 4.50. The fourth-order valence-corrected chi connectivity index (χ4v) is 2.55. The van der Waals surface area contributed by atoms with E-state index in [0.29, 0.717) is 6.42 Å². The van der Waals surface area contributed by atoms with E-state index in [4.69, 9.17) is 0 Å². The minimum atomic E-state index is -0.594. The van der Waals surface area contributed by atoms with Crippen molar-refractivity contribution >= 4 is 23.6 Å². The molecule has 0 rings (SSSR count). The molecule has 0 saturated carbocycles. The molecule has 0 aliphatic carbocycles. The largest absolute Gasteiger partial charge is 0.351 e. The van der Waals surface area contributed by atoms with Gasteiger partial charge in [-0.25, -0.2) is 0 Å². The summed E-state index contributed by atoms with van der Waals surface area (Å²) >= 11 is 0. The fourth-order valence-electron chi connectivity index (χ4n) is 2.55. The molecular formula is C20H36N4O4. The van der Waals surface area contributed by atoms with Crippen LogP contribution in [0.1, 0.15) is 47.5 Å². The zero-order valence-corrected chi connectivity index (χ0v) is 18.2. The Morgan fingerprint density at radius 1 is 0.964 bits per heavy atom. The van der Waals surface area contributed by atoms with Crippen LogP contribution in [0.5, 0.6) is 0 Å². The summed E-state index contributed by atoms with van der Waals surface area (Å²) in [6.45, 7) is 9.31. The Bertz CT molecular complexity index is 571. The van der Waals surface area contributed by atoms with Crippen molar-refractivity contribution in [2.45, 2.75) is 59.5 Å². The highest BCUT2D eigenvalue weighted by Gasteiger charge is 2.23. The molecule has 8 heteroatoms. The highest BCUT2D eigenvalue weighted by atomic mass is 16.2. The van der Waals surface area contributed by atoms with Crippen LogP contribution in [-0.4, -0.2) is 61.3 Å². The van der Waals surface area contributed by atoms with Crippen LogP contribution >= 0.6 is 0 Å². The molecule has 0 heterocycles. The van der Waals surface area contributed by atoms with E-state index in [0.717, 1.165) is 0 Å². The molecule has 0 bridgehead atoms. The summed E-state index contributed by atoms with van der Waals surface area (Å²) in [5.74, 6) is -0.668. The van der Waals surface area contributed by atoms with Gasteiger partial charge in [0.1, 0.15) is 12.1 Å². The molecule has 0 aromatic rings. The lowest BCUT2D eigenvalue weighted by molar-refractivity contribution is -0.134. The second-order valence-electron chi connectivity index (χ2n) is 7.83. The lowest BCUT2D eigenvalue weighted by Crippen LogP contribution is -2.49. The van der Waals surface area contributed by atoms with Gasteiger partial charge in [0.25, 0.3) is 0 Å². The van der Waals surface area contributed by atoms with Gasteiger partial charge in [-0.3, -0.25) is 19.2 Å². The third-order valence-corrected chi connectivity index (χ3v) is 3.95. The predicted octanol–water partition coefficient (Wildman–Crippen LogP) is 0.829. The topological polar surface area (TPSA) is 108 Å². The van der Waals surface area contributed by atoms with Crippen LogP contribution in [0.3, 0.4) is 0 Å². The average molecular weight is 397 g/mol. The van der Waals surface area contributed by atoms with E-state index in [1.54, 1.807) is 26.2 Å². The molecule has 0 spiro atoms. The van der Waals surface area contributed by atoms with Gasteiger partial charge in [-0.2, -0.15) is 0 Å². The van der Waals surface area contributed by atoms with Gasteiger partial charge in [-0.1, -0.05) is 39.8 Å². The Labute approximate surface area is 168 Å². The minimum Gasteiger partial charge on any atom is -0.351 e. The van der Waals surface area contributed by atoms with E-state index in [9.17, 15) is 19.2 Å². The van der Waals surface area contributed by atoms with Crippen LogP contribution in [0.25, 0.3) is 0 Å². The molecule has 0 radical (unpaired) electrons. The summed E-state index contributed by atoms with van der Waals surface area (Å²) in [6, 6.07) is -1.14. The maximum atomic E-state index is 12.2. The van der Waals surface area contributed by atoms with E-state index in [-0.39, 0.29) is 48.4 Å². The van der Waals surface area contributed by atoms with E-state index in [2.05, 4.69) is 16.0 Å². The lowest BCUT2D eigenvalue weighted by atomic mass is 10.0. The van der Waals surface area contributed by atoms with Crippen molar-refractivity contribution in [2.24, 2.45) is 11.8 Å². The fraction of sp³-hybridized carbons (Fsp3) is 0.700. The Kier molecular flexibility index (Phi) is 11.8. The van der Waals surface area contributed by atoms with E-state index >= 15 is 0 Å². The number of carbonyl (C=O) groups excluding carboxylic acids is 4. The van der Waals surface area contributed by atoms with Crippen LogP contribution < -0.4 is 16.0 Å². The molecule has 0 unspecified atom stereocenters. The van der Waals surface area contributed by atoms with Crippen LogP contribution in [0.2, 0.25) is 0 Å². The standard InChI is InChI=1S/C20H36N4O4/c1-13(2)12-16(20(28)24(6)7)23-17(26)10-8-9-11-21-19(27)18(14(3)4)22-15(5)25/h8-9,13-14,16,18H,10-12H2,1-7H3,(H,21,27)(H,22,25)(H,23,26)/b9-8+/t16-,18-/m0/s1.